The number of nitrogens with zero attached hydrogens (tertiary/aromatic N) is 3. The summed E-state index contributed by atoms with van der Waals surface area (Å²) in [7, 11) is -4.10. The number of aryl methyl sites for hydroxylation is 1. The Kier molecular flexibility index (Phi) is 10.9. The van der Waals surface area contributed by atoms with Gasteiger partial charge in [0, 0.05) is 31.1 Å². The number of hydrogen-bond acceptors (Lipinski definition) is 6. The first-order valence-corrected chi connectivity index (χ1v) is 16.7. The third kappa shape index (κ3) is 8.49. The molecule has 0 radical (unpaired) electrons. The highest BCUT2D eigenvalue weighted by Gasteiger charge is 2.35. The Bertz CT molecular complexity index is 1630. The maximum absolute atomic E-state index is 14.3. The van der Waals surface area contributed by atoms with Crippen molar-refractivity contribution >= 4 is 56.4 Å². The van der Waals surface area contributed by atoms with Gasteiger partial charge in [-0.25, -0.2) is 8.42 Å². The first kappa shape index (κ1) is 33.2. The van der Waals surface area contributed by atoms with E-state index in [1.807, 2.05) is 30.3 Å². The SMILES string of the molecule is Cc1ccc([N+](=O)[O-])cc1N(CC(=O)N(Cc1ccc(Cl)c(Cl)c1)C(Cc1ccccc1)C(=O)NC1CCCC1)S(C)(=O)=O. The smallest absolute Gasteiger partial charge is 0.271 e. The molecule has 0 aliphatic heterocycles. The minimum Gasteiger partial charge on any atom is -0.352 e. The van der Waals surface area contributed by atoms with E-state index in [1.165, 1.54) is 17.0 Å². The summed E-state index contributed by atoms with van der Waals surface area (Å²) in [6.45, 7) is 0.837. The van der Waals surface area contributed by atoms with Gasteiger partial charge in [0.25, 0.3) is 5.69 Å². The summed E-state index contributed by atoms with van der Waals surface area (Å²) in [5, 5.41) is 15.2. The Morgan fingerprint density at radius 2 is 1.68 bits per heavy atom. The molecule has 0 saturated heterocycles. The van der Waals surface area contributed by atoms with Crippen molar-refractivity contribution in [2.75, 3.05) is 17.1 Å². The van der Waals surface area contributed by atoms with E-state index in [2.05, 4.69) is 5.32 Å². The zero-order valence-corrected chi connectivity index (χ0v) is 26.7. The Morgan fingerprint density at radius 3 is 2.30 bits per heavy atom. The number of nitro benzene ring substituents is 1. The third-order valence-corrected chi connectivity index (χ3v) is 9.53. The molecular weight excluding hydrogens is 627 g/mol. The van der Waals surface area contributed by atoms with E-state index in [4.69, 9.17) is 23.2 Å². The fraction of sp³-hybridized carbons (Fsp3) is 0.355. The number of halogens is 2. The molecule has 0 heterocycles. The zero-order valence-electron chi connectivity index (χ0n) is 24.4. The normalized spacial score (nSPS) is 14.2. The van der Waals surface area contributed by atoms with E-state index >= 15 is 0 Å². The van der Waals surface area contributed by atoms with Gasteiger partial charge in [-0.2, -0.15) is 0 Å². The fourth-order valence-electron chi connectivity index (χ4n) is 5.33. The van der Waals surface area contributed by atoms with Crippen LogP contribution in [0.5, 0.6) is 0 Å². The summed E-state index contributed by atoms with van der Waals surface area (Å²) < 4.78 is 27.0. The zero-order chi connectivity index (χ0) is 32.0. The lowest BCUT2D eigenvalue weighted by Crippen LogP contribution is -2.54. The Hall–Kier alpha value is -3.67. The molecule has 13 heteroatoms. The number of non-ortho nitro benzene ring substituents is 1. The number of hydrogen-bond donors (Lipinski definition) is 1. The first-order valence-electron chi connectivity index (χ1n) is 14.1. The average molecular weight is 662 g/mol. The van der Waals surface area contributed by atoms with Crippen molar-refractivity contribution in [2.24, 2.45) is 0 Å². The minimum absolute atomic E-state index is 0.000413. The molecule has 4 rings (SSSR count). The number of rotatable bonds is 12. The highest BCUT2D eigenvalue weighted by atomic mass is 35.5. The molecule has 1 saturated carbocycles. The number of carbonyl (C=O) groups excluding carboxylic acids is 2. The van der Waals surface area contributed by atoms with Gasteiger partial charge in [0.1, 0.15) is 12.6 Å². The summed E-state index contributed by atoms with van der Waals surface area (Å²) in [6, 6.07) is 16.9. The molecule has 44 heavy (non-hydrogen) atoms. The van der Waals surface area contributed by atoms with Gasteiger partial charge >= 0.3 is 0 Å². The van der Waals surface area contributed by atoms with Gasteiger partial charge in [-0.3, -0.25) is 24.0 Å². The van der Waals surface area contributed by atoms with Crippen LogP contribution in [0, 0.1) is 17.0 Å². The Morgan fingerprint density at radius 1 is 1.00 bits per heavy atom. The number of anilines is 1. The van der Waals surface area contributed by atoms with Crippen LogP contribution >= 0.6 is 23.2 Å². The van der Waals surface area contributed by atoms with Crippen molar-refractivity contribution in [3.05, 3.63) is 104 Å². The molecule has 3 aromatic rings. The molecule has 0 aromatic heterocycles. The molecule has 3 aromatic carbocycles. The van der Waals surface area contributed by atoms with Gasteiger partial charge in [-0.05, 0) is 48.6 Å². The Labute approximate surface area is 267 Å². The molecule has 1 aliphatic rings. The summed E-state index contributed by atoms with van der Waals surface area (Å²) in [6.07, 6.45) is 4.74. The van der Waals surface area contributed by atoms with Crippen LogP contribution in [0.25, 0.3) is 0 Å². The predicted molar refractivity (Wildman–Crippen MR) is 171 cm³/mol. The van der Waals surface area contributed by atoms with Crippen LogP contribution in [0.2, 0.25) is 10.0 Å². The molecule has 2 amide bonds. The molecule has 1 N–H and O–H groups in total. The quantitative estimate of drug-likeness (QED) is 0.197. The van der Waals surface area contributed by atoms with Crippen LogP contribution < -0.4 is 9.62 Å². The molecule has 10 nitrogen and oxygen atoms in total. The topological polar surface area (TPSA) is 130 Å². The second-order valence-electron chi connectivity index (χ2n) is 11.0. The van der Waals surface area contributed by atoms with Crippen LogP contribution in [0.4, 0.5) is 11.4 Å². The van der Waals surface area contributed by atoms with Crippen LogP contribution in [-0.2, 0) is 32.6 Å². The van der Waals surface area contributed by atoms with Crippen molar-refractivity contribution in [1.82, 2.24) is 10.2 Å². The molecule has 1 atom stereocenters. The number of amides is 2. The maximum atomic E-state index is 14.3. The standard InChI is InChI=1S/C31H34Cl2N4O6S/c1-21-12-14-25(37(40)41)18-28(21)36(44(2,42)43)20-30(38)35(19-23-13-15-26(32)27(33)16-23)29(17-22-8-4-3-5-9-22)31(39)34-24-10-6-7-11-24/h3-5,8-9,12-16,18,24,29H,6-7,10-11,17,19-20H2,1-2H3,(H,34,39). The molecule has 0 bridgehead atoms. The van der Waals surface area contributed by atoms with Gasteiger partial charge in [0.15, 0.2) is 0 Å². The predicted octanol–water partition coefficient (Wildman–Crippen LogP) is 5.67. The molecule has 234 valence electrons. The second-order valence-corrected chi connectivity index (χ2v) is 13.7. The van der Waals surface area contributed by atoms with Crippen molar-refractivity contribution in [3.63, 3.8) is 0 Å². The van der Waals surface area contributed by atoms with E-state index < -0.39 is 33.4 Å². The lowest BCUT2D eigenvalue weighted by Gasteiger charge is -2.34. The number of sulfonamides is 1. The van der Waals surface area contributed by atoms with E-state index in [9.17, 15) is 28.1 Å². The number of nitro groups is 1. The van der Waals surface area contributed by atoms with Gasteiger partial charge in [0.05, 0.1) is 26.9 Å². The average Bonchev–Trinajstić information content (AvgIpc) is 3.48. The highest BCUT2D eigenvalue weighted by molar-refractivity contribution is 7.92. The minimum atomic E-state index is -4.10. The van der Waals surface area contributed by atoms with Gasteiger partial charge < -0.3 is 10.2 Å². The number of benzene rings is 3. The van der Waals surface area contributed by atoms with E-state index in [0.29, 0.717) is 16.1 Å². The maximum Gasteiger partial charge on any atom is 0.271 e. The van der Waals surface area contributed by atoms with Gasteiger partial charge in [0.2, 0.25) is 21.8 Å². The number of nitrogens with one attached hydrogen (secondary N) is 1. The molecule has 0 spiro atoms. The summed E-state index contributed by atoms with van der Waals surface area (Å²) in [5.41, 5.74) is 1.49. The largest absolute Gasteiger partial charge is 0.352 e. The monoisotopic (exact) mass is 660 g/mol. The number of carbonyl (C=O) groups is 2. The highest BCUT2D eigenvalue weighted by Crippen LogP contribution is 2.29. The van der Waals surface area contributed by atoms with Crippen LogP contribution in [-0.4, -0.2) is 54.9 Å². The van der Waals surface area contributed by atoms with Crippen LogP contribution in [0.15, 0.2) is 66.7 Å². The third-order valence-electron chi connectivity index (χ3n) is 7.66. The van der Waals surface area contributed by atoms with E-state index in [1.54, 1.807) is 25.1 Å². The molecule has 1 aliphatic carbocycles. The second kappa shape index (κ2) is 14.4. The molecule has 1 unspecified atom stereocenters. The van der Waals surface area contributed by atoms with Crippen molar-refractivity contribution in [3.8, 4) is 0 Å². The van der Waals surface area contributed by atoms with E-state index in [-0.39, 0.29) is 41.3 Å². The lowest BCUT2D eigenvalue weighted by molar-refractivity contribution is -0.384. The van der Waals surface area contributed by atoms with Gasteiger partial charge in [-0.15, -0.1) is 0 Å². The summed E-state index contributed by atoms with van der Waals surface area (Å²) in [5.74, 6) is -1.03. The first-order chi connectivity index (χ1) is 20.8. The Balaban J connectivity index is 1.78. The van der Waals surface area contributed by atoms with Crippen molar-refractivity contribution in [2.45, 2.75) is 57.7 Å². The van der Waals surface area contributed by atoms with Crippen LogP contribution in [0.1, 0.15) is 42.4 Å². The van der Waals surface area contributed by atoms with Crippen LogP contribution in [0.3, 0.4) is 0 Å². The lowest BCUT2D eigenvalue weighted by atomic mass is 10.0. The summed E-state index contributed by atoms with van der Waals surface area (Å²) >= 11 is 12.4. The molecular formula is C31H34Cl2N4O6S. The van der Waals surface area contributed by atoms with E-state index in [0.717, 1.165) is 47.9 Å². The fourth-order valence-corrected chi connectivity index (χ4v) is 6.55. The van der Waals surface area contributed by atoms with Gasteiger partial charge in [-0.1, -0.05) is 78.5 Å². The van der Waals surface area contributed by atoms with Crippen molar-refractivity contribution < 1.29 is 22.9 Å². The van der Waals surface area contributed by atoms with Crippen molar-refractivity contribution in [1.29, 1.82) is 0 Å². The molecule has 1 fully saturated rings. The summed E-state index contributed by atoms with van der Waals surface area (Å²) in [4.78, 5) is 40.4.